The molecule has 0 radical (unpaired) electrons. The number of allylic oxidation sites excluding steroid dienone is 2. The van der Waals surface area contributed by atoms with E-state index < -0.39 is 11.5 Å². The number of hydrogen-bond acceptors (Lipinski definition) is 5. The van der Waals surface area contributed by atoms with E-state index in [1.165, 1.54) is 18.2 Å². The Morgan fingerprint density at radius 1 is 1.47 bits per heavy atom. The Morgan fingerprint density at radius 2 is 2.25 bits per heavy atom. The zero-order chi connectivity index (χ0) is 23.0. The molecule has 1 amide bonds. The third-order valence-electron chi connectivity index (χ3n) is 6.60. The van der Waals surface area contributed by atoms with E-state index in [1.54, 1.807) is 6.07 Å². The Morgan fingerprint density at radius 3 is 2.94 bits per heavy atom. The van der Waals surface area contributed by atoms with Crippen molar-refractivity contribution in [3.8, 4) is 5.75 Å². The molecule has 3 atom stereocenters. The molecule has 1 aromatic rings. The van der Waals surface area contributed by atoms with Crippen molar-refractivity contribution < 1.29 is 23.8 Å². The first kappa shape index (κ1) is 22.6. The Hall–Kier alpha value is -2.58. The standard InChI is InChI=1S/C23H27ClFN3O4/c1-3-26-19-10-13(25)9-17-20(19)27-22(31)23(17,2)28-8-4-5-15(12-28)32-14-6-7-16(21(29)30)18(24)11-14/h6-7,10-11,15,17,26H,3-5,8-9,12H2,1-2H3,(H,27,31)(H,29,30)/t15-,17?,23-/m1/s1. The number of carboxylic acids is 1. The number of fused-ring (bicyclic) bond motifs is 1. The predicted octanol–water partition coefficient (Wildman–Crippen LogP) is 3.46. The smallest absolute Gasteiger partial charge is 0.337 e. The molecule has 9 heteroatoms. The van der Waals surface area contributed by atoms with E-state index >= 15 is 0 Å². The molecule has 7 nitrogen and oxygen atoms in total. The van der Waals surface area contributed by atoms with Crippen molar-refractivity contribution in [2.75, 3.05) is 19.6 Å². The van der Waals surface area contributed by atoms with Crippen LogP contribution in [0.4, 0.5) is 4.39 Å². The largest absolute Gasteiger partial charge is 0.489 e. The van der Waals surface area contributed by atoms with Crippen LogP contribution in [0.3, 0.4) is 0 Å². The van der Waals surface area contributed by atoms with Crippen LogP contribution in [0.5, 0.6) is 5.75 Å². The van der Waals surface area contributed by atoms with Crippen molar-refractivity contribution in [1.82, 2.24) is 15.5 Å². The molecule has 1 aliphatic carbocycles. The molecule has 0 aromatic heterocycles. The summed E-state index contributed by atoms with van der Waals surface area (Å²) < 4.78 is 20.6. The molecule has 3 N–H and O–H groups in total. The topological polar surface area (TPSA) is 90.9 Å². The van der Waals surface area contributed by atoms with Gasteiger partial charge in [-0.2, -0.15) is 0 Å². The van der Waals surface area contributed by atoms with Crippen molar-refractivity contribution in [3.63, 3.8) is 0 Å². The number of rotatable bonds is 6. The monoisotopic (exact) mass is 463 g/mol. The average molecular weight is 464 g/mol. The summed E-state index contributed by atoms with van der Waals surface area (Å²) in [5.41, 5.74) is 0.507. The van der Waals surface area contributed by atoms with Gasteiger partial charge in [-0.25, -0.2) is 9.18 Å². The van der Waals surface area contributed by atoms with Gasteiger partial charge >= 0.3 is 5.97 Å². The molecule has 32 heavy (non-hydrogen) atoms. The van der Waals surface area contributed by atoms with Crippen molar-refractivity contribution in [3.05, 3.63) is 52.1 Å². The molecule has 0 spiro atoms. The number of carbonyl (C=O) groups excluding carboxylic acids is 1. The minimum atomic E-state index is -1.10. The van der Waals surface area contributed by atoms with Gasteiger partial charge < -0.3 is 20.5 Å². The number of carbonyl (C=O) groups is 2. The van der Waals surface area contributed by atoms with Crippen LogP contribution in [0.25, 0.3) is 0 Å². The molecule has 172 valence electrons. The predicted molar refractivity (Wildman–Crippen MR) is 118 cm³/mol. The number of likely N-dealkylation sites (tertiary alicyclic amines) is 1. The lowest BCUT2D eigenvalue weighted by atomic mass is 9.79. The number of ether oxygens (including phenoxy) is 1. The number of likely N-dealkylation sites (N-methyl/N-ethyl adjacent to an activating group) is 1. The van der Waals surface area contributed by atoms with E-state index in [1.807, 2.05) is 13.8 Å². The highest BCUT2D eigenvalue weighted by atomic mass is 35.5. The van der Waals surface area contributed by atoms with Crippen LogP contribution in [0.2, 0.25) is 5.02 Å². The second-order valence-corrected chi connectivity index (χ2v) is 8.99. The molecule has 1 aromatic carbocycles. The number of amides is 1. The minimum Gasteiger partial charge on any atom is -0.489 e. The Kier molecular flexibility index (Phi) is 6.18. The third-order valence-corrected chi connectivity index (χ3v) is 6.91. The van der Waals surface area contributed by atoms with Gasteiger partial charge in [-0.3, -0.25) is 9.69 Å². The summed E-state index contributed by atoms with van der Waals surface area (Å²) in [7, 11) is 0. The van der Waals surface area contributed by atoms with Gasteiger partial charge in [-0.05, 0) is 57.5 Å². The molecular formula is C23H27ClFN3O4. The minimum absolute atomic E-state index is 0.0163. The second kappa shape index (κ2) is 8.75. The molecule has 0 saturated carbocycles. The van der Waals surface area contributed by atoms with Gasteiger partial charge in [0.1, 0.15) is 23.2 Å². The number of benzene rings is 1. The van der Waals surface area contributed by atoms with Gasteiger partial charge in [-0.15, -0.1) is 0 Å². The van der Waals surface area contributed by atoms with Gasteiger partial charge in [0.2, 0.25) is 5.91 Å². The van der Waals surface area contributed by atoms with Crippen LogP contribution in [-0.2, 0) is 4.79 Å². The molecule has 2 aliphatic heterocycles. The van der Waals surface area contributed by atoms with E-state index in [0.717, 1.165) is 18.5 Å². The lowest BCUT2D eigenvalue weighted by Crippen LogP contribution is -2.59. The summed E-state index contributed by atoms with van der Waals surface area (Å²) >= 11 is 6.07. The van der Waals surface area contributed by atoms with Crippen LogP contribution in [0, 0.1) is 5.92 Å². The third kappa shape index (κ3) is 3.97. The maximum Gasteiger partial charge on any atom is 0.337 e. The summed E-state index contributed by atoms with van der Waals surface area (Å²) in [5, 5.41) is 15.4. The first-order chi connectivity index (χ1) is 15.2. The van der Waals surface area contributed by atoms with Crippen LogP contribution in [0.15, 0.2) is 41.5 Å². The molecule has 1 unspecified atom stereocenters. The van der Waals surface area contributed by atoms with Crippen LogP contribution < -0.4 is 15.4 Å². The lowest BCUT2D eigenvalue weighted by Gasteiger charge is -2.44. The molecule has 2 saturated heterocycles. The van der Waals surface area contributed by atoms with Gasteiger partial charge in [-0.1, -0.05) is 11.6 Å². The Balaban J connectivity index is 1.54. The Labute approximate surface area is 191 Å². The summed E-state index contributed by atoms with van der Waals surface area (Å²) in [6, 6.07) is 4.50. The number of aromatic carboxylic acids is 1. The summed E-state index contributed by atoms with van der Waals surface area (Å²) in [4.78, 5) is 26.4. The van der Waals surface area contributed by atoms with E-state index in [4.69, 9.17) is 21.4 Å². The Bertz CT molecular complexity index is 1010. The average Bonchev–Trinajstić information content (AvgIpc) is 3.00. The SMILES string of the molecule is CCNC1=C2NC(=O)[C@](C)(N3CCC[C@@H](Oc4ccc(C(=O)O)c(Cl)c4)C3)C2CC(F)=C1. The number of nitrogens with zero attached hydrogens (tertiary/aromatic N) is 1. The fraction of sp³-hybridized carbons (Fsp3) is 0.478. The van der Waals surface area contributed by atoms with Crippen LogP contribution in [0.1, 0.15) is 43.5 Å². The molecule has 2 heterocycles. The highest BCUT2D eigenvalue weighted by Crippen LogP contribution is 2.44. The van der Waals surface area contributed by atoms with Crippen molar-refractivity contribution in [2.45, 2.75) is 44.8 Å². The first-order valence-corrected chi connectivity index (χ1v) is 11.2. The summed E-state index contributed by atoms with van der Waals surface area (Å²) in [5.74, 6) is -1.30. The molecular weight excluding hydrogens is 437 g/mol. The highest BCUT2D eigenvalue weighted by Gasteiger charge is 2.55. The number of halogens is 2. The van der Waals surface area contributed by atoms with E-state index in [-0.39, 0.29) is 40.8 Å². The van der Waals surface area contributed by atoms with Crippen molar-refractivity contribution in [2.24, 2.45) is 5.92 Å². The van der Waals surface area contributed by atoms with Gasteiger partial charge in [0, 0.05) is 31.1 Å². The van der Waals surface area contributed by atoms with Crippen LogP contribution in [-0.4, -0.2) is 53.2 Å². The number of carboxylic acid groups (broad SMARTS) is 1. The number of nitrogens with one attached hydrogen (secondary N) is 2. The fourth-order valence-electron chi connectivity index (χ4n) is 4.91. The summed E-state index contributed by atoms with van der Waals surface area (Å²) in [6.07, 6.45) is 3.04. The molecule has 3 aliphatic rings. The maximum atomic E-state index is 14.5. The summed E-state index contributed by atoms with van der Waals surface area (Å²) in [6.45, 7) is 5.64. The molecule has 2 fully saturated rings. The van der Waals surface area contributed by atoms with Gasteiger partial charge in [0.25, 0.3) is 0 Å². The number of hydrogen-bond donors (Lipinski definition) is 3. The maximum absolute atomic E-state index is 14.5. The second-order valence-electron chi connectivity index (χ2n) is 8.58. The number of piperidine rings is 1. The van der Waals surface area contributed by atoms with Crippen molar-refractivity contribution >= 4 is 23.5 Å². The molecule has 4 rings (SSSR count). The molecule has 0 bridgehead atoms. The normalized spacial score (nSPS) is 28.1. The fourth-order valence-corrected chi connectivity index (χ4v) is 5.16. The van der Waals surface area contributed by atoms with Crippen LogP contribution >= 0.6 is 11.6 Å². The zero-order valence-electron chi connectivity index (χ0n) is 18.1. The first-order valence-electron chi connectivity index (χ1n) is 10.8. The quantitative estimate of drug-likeness (QED) is 0.598. The van der Waals surface area contributed by atoms with E-state index in [2.05, 4.69) is 15.5 Å². The van der Waals surface area contributed by atoms with Gasteiger partial charge in [0.15, 0.2) is 0 Å². The highest BCUT2D eigenvalue weighted by molar-refractivity contribution is 6.33. The van der Waals surface area contributed by atoms with Crippen molar-refractivity contribution in [1.29, 1.82) is 0 Å². The van der Waals surface area contributed by atoms with E-state index in [9.17, 15) is 14.0 Å². The van der Waals surface area contributed by atoms with Gasteiger partial charge in [0.05, 0.1) is 16.3 Å². The van der Waals surface area contributed by atoms with E-state index in [0.29, 0.717) is 31.1 Å². The zero-order valence-corrected chi connectivity index (χ0v) is 18.8. The lowest BCUT2D eigenvalue weighted by molar-refractivity contribution is -0.132.